The van der Waals surface area contributed by atoms with E-state index in [4.69, 9.17) is 5.11 Å². The predicted octanol–water partition coefficient (Wildman–Crippen LogP) is 2.47. The molecule has 1 aromatic carbocycles. The van der Waals surface area contributed by atoms with Crippen LogP contribution in [0.3, 0.4) is 0 Å². The van der Waals surface area contributed by atoms with Crippen molar-refractivity contribution in [3.63, 3.8) is 0 Å². The fraction of sp³-hybridized carbons (Fsp3) is 0.500. The van der Waals surface area contributed by atoms with Gasteiger partial charge in [-0.3, -0.25) is 9.59 Å². The zero-order valence-corrected chi connectivity index (χ0v) is 11.9. The topological polar surface area (TPSA) is 57.6 Å². The van der Waals surface area contributed by atoms with Gasteiger partial charge >= 0.3 is 5.97 Å². The van der Waals surface area contributed by atoms with Gasteiger partial charge in [0.05, 0.1) is 6.42 Å². The molecule has 4 nitrogen and oxygen atoms in total. The number of halogens is 1. The Morgan fingerprint density at radius 1 is 1.33 bits per heavy atom. The quantitative estimate of drug-likeness (QED) is 0.907. The summed E-state index contributed by atoms with van der Waals surface area (Å²) in [6, 6.07) is 6.30. The Balaban J connectivity index is 1.90. The van der Waals surface area contributed by atoms with E-state index in [1.807, 2.05) is 0 Å². The number of rotatable bonds is 5. The van der Waals surface area contributed by atoms with E-state index in [0.29, 0.717) is 25.1 Å². The fourth-order valence-corrected chi connectivity index (χ4v) is 2.77. The Bertz CT molecular complexity index is 518. The molecular weight excluding hydrogens is 273 g/mol. The molecule has 21 heavy (non-hydrogen) atoms. The van der Waals surface area contributed by atoms with Crippen LogP contribution in [0.1, 0.15) is 31.2 Å². The van der Waals surface area contributed by atoms with Crippen molar-refractivity contribution in [1.82, 2.24) is 4.90 Å². The number of nitrogens with zero attached hydrogens (tertiary/aromatic N) is 1. The molecule has 1 aliphatic heterocycles. The van der Waals surface area contributed by atoms with Crippen molar-refractivity contribution in [2.24, 2.45) is 5.92 Å². The molecule has 0 aromatic heterocycles. The molecule has 1 aliphatic rings. The molecule has 0 aliphatic carbocycles. The second kappa shape index (κ2) is 7.20. The lowest BCUT2D eigenvalue weighted by molar-refractivity contribution is -0.137. The monoisotopic (exact) mass is 293 g/mol. The minimum Gasteiger partial charge on any atom is -0.481 e. The first-order valence-corrected chi connectivity index (χ1v) is 7.29. The molecule has 1 heterocycles. The first-order chi connectivity index (χ1) is 10.1. The molecule has 0 bridgehead atoms. The van der Waals surface area contributed by atoms with E-state index in [0.717, 1.165) is 12.8 Å². The molecule has 114 valence electrons. The average molecular weight is 293 g/mol. The van der Waals surface area contributed by atoms with Gasteiger partial charge in [0.1, 0.15) is 5.82 Å². The third-order valence-corrected chi connectivity index (χ3v) is 3.94. The highest BCUT2D eigenvalue weighted by Crippen LogP contribution is 2.22. The number of carboxylic acid groups (broad SMARTS) is 1. The number of amides is 1. The molecule has 1 aromatic rings. The van der Waals surface area contributed by atoms with Crippen LogP contribution in [0.2, 0.25) is 0 Å². The van der Waals surface area contributed by atoms with Crippen LogP contribution in [-0.4, -0.2) is 35.0 Å². The highest BCUT2D eigenvalue weighted by atomic mass is 19.1. The summed E-state index contributed by atoms with van der Waals surface area (Å²) in [7, 11) is 0. The summed E-state index contributed by atoms with van der Waals surface area (Å²) in [5.74, 6) is -1.00. The van der Waals surface area contributed by atoms with E-state index < -0.39 is 5.97 Å². The van der Waals surface area contributed by atoms with E-state index in [-0.39, 0.29) is 30.5 Å². The second-order valence-electron chi connectivity index (χ2n) is 5.55. The number of carboxylic acids is 1. The molecule has 2 rings (SSSR count). The van der Waals surface area contributed by atoms with Crippen LogP contribution in [0.4, 0.5) is 4.39 Å². The van der Waals surface area contributed by atoms with Gasteiger partial charge in [-0.25, -0.2) is 4.39 Å². The average Bonchev–Trinajstić information content (AvgIpc) is 2.48. The lowest BCUT2D eigenvalue weighted by Gasteiger charge is -2.32. The first kappa shape index (κ1) is 15.5. The van der Waals surface area contributed by atoms with Crippen LogP contribution in [0.5, 0.6) is 0 Å². The number of piperidine rings is 1. The number of aliphatic carboxylic acids is 1. The van der Waals surface area contributed by atoms with Gasteiger partial charge in [-0.15, -0.1) is 0 Å². The first-order valence-electron chi connectivity index (χ1n) is 7.29. The Morgan fingerprint density at radius 3 is 2.81 bits per heavy atom. The molecular formula is C16H20FNO3. The maximum Gasteiger partial charge on any atom is 0.303 e. The van der Waals surface area contributed by atoms with E-state index >= 15 is 0 Å². The number of likely N-dealkylation sites (tertiary alicyclic amines) is 1. The summed E-state index contributed by atoms with van der Waals surface area (Å²) in [6.07, 6.45) is 2.64. The maximum absolute atomic E-state index is 13.6. The summed E-state index contributed by atoms with van der Waals surface area (Å²) in [4.78, 5) is 24.6. The molecule has 1 N–H and O–H groups in total. The largest absolute Gasteiger partial charge is 0.481 e. The van der Waals surface area contributed by atoms with E-state index in [9.17, 15) is 14.0 Å². The summed E-state index contributed by atoms with van der Waals surface area (Å²) >= 11 is 0. The van der Waals surface area contributed by atoms with Gasteiger partial charge in [0.2, 0.25) is 5.91 Å². The number of carbonyl (C=O) groups excluding carboxylic acids is 1. The van der Waals surface area contributed by atoms with Crippen molar-refractivity contribution in [2.75, 3.05) is 13.1 Å². The van der Waals surface area contributed by atoms with Crippen molar-refractivity contribution < 1.29 is 19.1 Å². The fourth-order valence-electron chi connectivity index (χ4n) is 2.77. The number of carbonyl (C=O) groups is 2. The summed E-state index contributed by atoms with van der Waals surface area (Å²) in [6.45, 7) is 1.26. The maximum atomic E-state index is 13.6. The molecule has 0 spiro atoms. The smallest absolute Gasteiger partial charge is 0.303 e. The van der Waals surface area contributed by atoms with Crippen molar-refractivity contribution in [2.45, 2.75) is 32.1 Å². The van der Waals surface area contributed by atoms with Crippen LogP contribution in [0.25, 0.3) is 0 Å². The van der Waals surface area contributed by atoms with Gasteiger partial charge in [0, 0.05) is 19.5 Å². The molecule has 0 saturated carbocycles. The van der Waals surface area contributed by atoms with Gasteiger partial charge in [0.25, 0.3) is 0 Å². The van der Waals surface area contributed by atoms with Gasteiger partial charge in [-0.1, -0.05) is 18.2 Å². The zero-order valence-electron chi connectivity index (χ0n) is 11.9. The Hall–Kier alpha value is -1.91. The zero-order chi connectivity index (χ0) is 15.2. The summed E-state index contributed by atoms with van der Waals surface area (Å²) in [5.41, 5.74) is 0.412. The third-order valence-electron chi connectivity index (χ3n) is 3.94. The van der Waals surface area contributed by atoms with Gasteiger partial charge in [-0.2, -0.15) is 0 Å². The summed E-state index contributed by atoms with van der Waals surface area (Å²) < 4.78 is 13.6. The molecule has 0 radical (unpaired) electrons. The highest BCUT2D eigenvalue weighted by Gasteiger charge is 2.24. The van der Waals surface area contributed by atoms with Crippen LogP contribution in [0.15, 0.2) is 24.3 Å². The number of hydrogen-bond acceptors (Lipinski definition) is 2. The van der Waals surface area contributed by atoms with Crippen molar-refractivity contribution >= 4 is 11.9 Å². The highest BCUT2D eigenvalue weighted by molar-refractivity contribution is 5.79. The Kier molecular flexibility index (Phi) is 5.31. The number of benzene rings is 1. The predicted molar refractivity (Wildman–Crippen MR) is 76.3 cm³/mol. The molecule has 1 fully saturated rings. The van der Waals surface area contributed by atoms with E-state index in [1.165, 1.54) is 6.07 Å². The third kappa shape index (κ3) is 4.55. The molecule has 1 amide bonds. The Labute approximate surface area is 123 Å². The van der Waals surface area contributed by atoms with Crippen LogP contribution in [-0.2, 0) is 16.0 Å². The number of hydrogen-bond donors (Lipinski definition) is 1. The van der Waals surface area contributed by atoms with Crippen molar-refractivity contribution in [3.8, 4) is 0 Å². The Morgan fingerprint density at radius 2 is 2.10 bits per heavy atom. The molecule has 1 unspecified atom stereocenters. The molecule has 1 saturated heterocycles. The molecule has 5 heteroatoms. The van der Waals surface area contributed by atoms with Gasteiger partial charge < -0.3 is 10.0 Å². The van der Waals surface area contributed by atoms with Crippen LogP contribution in [0, 0.1) is 11.7 Å². The second-order valence-corrected chi connectivity index (χ2v) is 5.55. The van der Waals surface area contributed by atoms with E-state index in [2.05, 4.69) is 0 Å². The standard InChI is InChI=1S/C16H20FNO3/c17-14-6-2-1-5-13(14)10-15(19)18-9-3-4-12(11-18)7-8-16(20)21/h1-2,5-6,12H,3-4,7-11H2,(H,20,21). The minimum atomic E-state index is -0.801. The van der Waals surface area contributed by atoms with Crippen LogP contribution >= 0.6 is 0 Å². The van der Waals surface area contributed by atoms with Gasteiger partial charge in [0.15, 0.2) is 0 Å². The van der Waals surface area contributed by atoms with Crippen molar-refractivity contribution in [1.29, 1.82) is 0 Å². The normalized spacial score (nSPS) is 18.5. The van der Waals surface area contributed by atoms with E-state index in [1.54, 1.807) is 23.1 Å². The van der Waals surface area contributed by atoms with Crippen molar-refractivity contribution in [3.05, 3.63) is 35.6 Å². The minimum absolute atomic E-state index is 0.0678. The summed E-state index contributed by atoms with van der Waals surface area (Å²) in [5, 5.41) is 8.72. The SMILES string of the molecule is O=C(O)CCC1CCCN(C(=O)Cc2ccccc2F)C1. The van der Waals surface area contributed by atoms with Gasteiger partial charge in [-0.05, 0) is 36.8 Å². The van der Waals surface area contributed by atoms with Crippen LogP contribution < -0.4 is 0 Å². The lowest BCUT2D eigenvalue weighted by Crippen LogP contribution is -2.40. The molecule has 1 atom stereocenters. The lowest BCUT2D eigenvalue weighted by atomic mass is 9.93.